The van der Waals surface area contributed by atoms with Gasteiger partial charge in [-0.2, -0.15) is 13.2 Å². The molecule has 0 aliphatic heterocycles. The maximum atomic E-state index is 14.2. The van der Waals surface area contributed by atoms with Crippen molar-refractivity contribution in [1.29, 1.82) is 0 Å². The molecule has 1 aromatic heterocycles. The molecule has 0 saturated carbocycles. The molecule has 1 aliphatic rings. The predicted molar refractivity (Wildman–Crippen MR) is 62.8 cm³/mol. The van der Waals surface area contributed by atoms with E-state index < -0.39 is 23.6 Å². The molecule has 0 spiro atoms. The van der Waals surface area contributed by atoms with Crippen LogP contribution in [0.5, 0.6) is 0 Å². The van der Waals surface area contributed by atoms with E-state index >= 15 is 0 Å². The summed E-state index contributed by atoms with van der Waals surface area (Å²) in [5, 5.41) is 1.44. The van der Waals surface area contributed by atoms with Gasteiger partial charge in [-0.25, -0.2) is 13.8 Å². The minimum absolute atomic E-state index is 0.00535. The summed E-state index contributed by atoms with van der Waals surface area (Å²) < 4.78 is 66.5. The van der Waals surface area contributed by atoms with Crippen LogP contribution in [0.1, 0.15) is 12.6 Å². The van der Waals surface area contributed by atoms with Crippen LogP contribution in [-0.4, -0.2) is 17.3 Å². The maximum Gasteiger partial charge on any atom is 0.403 e. The van der Waals surface area contributed by atoms with E-state index in [2.05, 4.69) is 4.98 Å². The number of rotatable bonds is 1. The molecule has 1 aromatic rings. The van der Waals surface area contributed by atoms with E-state index in [4.69, 9.17) is 5.73 Å². The van der Waals surface area contributed by atoms with Gasteiger partial charge in [0.25, 0.3) is 0 Å². The molecule has 2 rings (SSSR count). The quantitative estimate of drug-likeness (QED) is 0.799. The van der Waals surface area contributed by atoms with E-state index in [1.807, 2.05) is 0 Å². The highest BCUT2D eigenvalue weighted by molar-refractivity contribution is 7.13. The average Bonchev–Trinajstić information content (AvgIpc) is 2.71. The molecule has 1 heterocycles. The SMILES string of the molecule is CC1(C(F)(F)F)C(F)=CC=C(c2csc(N)n2)C1F. The molecule has 0 fully saturated rings. The highest BCUT2D eigenvalue weighted by Crippen LogP contribution is 2.53. The second-order valence-corrected chi connectivity index (χ2v) is 5.16. The Morgan fingerprint density at radius 2 is 2.00 bits per heavy atom. The first-order valence-electron chi connectivity index (χ1n) is 5.18. The lowest BCUT2D eigenvalue weighted by molar-refractivity contribution is -0.222. The van der Waals surface area contributed by atoms with Crippen LogP contribution in [0.4, 0.5) is 27.1 Å². The van der Waals surface area contributed by atoms with Crippen molar-refractivity contribution in [3.05, 3.63) is 29.1 Å². The lowest BCUT2D eigenvalue weighted by atomic mass is 9.76. The van der Waals surface area contributed by atoms with Crippen molar-refractivity contribution in [3.63, 3.8) is 0 Å². The van der Waals surface area contributed by atoms with Crippen LogP contribution in [0, 0.1) is 5.41 Å². The highest BCUT2D eigenvalue weighted by atomic mass is 32.1. The zero-order valence-electron chi connectivity index (χ0n) is 9.63. The summed E-state index contributed by atoms with van der Waals surface area (Å²) >= 11 is 0.972. The summed E-state index contributed by atoms with van der Waals surface area (Å²) in [5.41, 5.74) is 1.83. The van der Waals surface area contributed by atoms with Gasteiger partial charge in [0.15, 0.2) is 5.13 Å². The molecule has 2 unspecified atom stereocenters. The monoisotopic (exact) mass is 296 g/mol. The Morgan fingerprint density at radius 3 is 2.47 bits per heavy atom. The number of allylic oxidation sites excluding steroid dienone is 4. The summed E-state index contributed by atoms with van der Waals surface area (Å²) in [5.74, 6) is -1.56. The number of halogens is 5. The van der Waals surface area contributed by atoms with Crippen molar-refractivity contribution in [3.8, 4) is 0 Å². The number of nitrogens with two attached hydrogens (primary N) is 1. The molecule has 19 heavy (non-hydrogen) atoms. The zero-order valence-corrected chi connectivity index (χ0v) is 10.4. The summed E-state index contributed by atoms with van der Waals surface area (Å²) in [6.45, 7) is 0.492. The maximum absolute atomic E-state index is 14.2. The lowest BCUT2D eigenvalue weighted by Crippen LogP contribution is -2.45. The van der Waals surface area contributed by atoms with E-state index in [1.54, 1.807) is 0 Å². The number of aromatic nitrogens is 1. The second-order valence-electron chi connectivity index (χ2n) is 4.27. The third-order valence-corrected chi connectivity index (χ3v) is 3.77. The average molecular weight is 296 g/mol. The van der Waals surface area contributed by atoms with Crippen molar-refractivity contribution in [1.82, 2.24) is 4.98 Å². The van der Waals surface area contributed by atoms with Gasteiger partial charge in [0, 0.05) is 11.0 Å². The Labute approximate surface area is 109 Å². The molecule has 104 valence electrons. The van der Waals surface area contributed by atoms with Crippen molar-refractivity contribution in [2.75, 3.05) is 5.73 Å². The van der Waals surface area contributed by atoms with Crippen LogP contribution in [0.3, 0.4) is 0 Å². The number of nitrogen functional groups attached to an aromatic ring is 1. The summed E-state index contributed by atoms with van der Waals surface area (Å²) in [4.78, 5) is 3.73. The molecule has 0 amide bonds. The number of anilines is 1. The molecule has 8 heteroatoms. The molecule has 0 bridgehead atoms. The van der Waals surface area contributed by atoms with Crippen LogP contribution < -0.4 is 5.73 Å². The molecule has 2 atom stereocenters. The lowest BCUT2D eigenvalue weighted by Gasteiger charge is -2.36. The van der Waals surface area contributed by atoms with Crippen LogP contribution in [0.25, 0.3) is 5.57 Å². The van der Waals surface area contributed by atoms with E-state index in [9.17, 15) is 22.0 Å². The van der Waals surface area contributed by atoms with Gasteiger partial charge in [-0.3, -0.25) is 0 Å². The van der Waals surface area contributed by atoms with Crippen molar-refractivity contribution in [2.24, 2.45) is 5.41 Å². The normalized spacial score (nSPS) is 28.0. The summed E-state index contributed by atoms with van der Waals surface area (Å²) in [6, 6.07) is 0. The molecular formula is C11H9F5N2S. The van der Waals surface area contributed by atoms with Gasteiger partial charge in [-0.15, -0.1) is 11.3 Å². The van der Waals surface area contributed by atoms with Gasteiger partial charge in [0.2, 0.25) is 0 Å². The van der Waals surface area contributed by atoms with Crippen LogP contribution in [0.2, 0.25) is 0 Å². The van der Waals surface area contributed by atoms with Gasteiger partial charge in [0.05, 0.1) is 5.69 Å². The van der Waals surface area contributed by atoms with Gasteiger partial charge in [0.1, 0.15) is 17.4 Å². The Kier molecular flexibility index (Phi) is 3.16. The molecular weight excluding hydrogens is 287 g/mol. The Hall–Kier alpha value is -1.44. The zero-order chi connectivity index (χ0) is 14.4. The van der Waals surface area contributed by atoms with Gasteiger partial charge in [-0.1, -0.05) is 6.08 Å². The smallest absolute Gasteiger partial charge is 0.375 e. The van der Waals surface area contributed by atoms with Crippen LogP contribution >= 0.6 is 11.3 Å². The topological polar surface area (TPSA) is 38.9 Å². The first-order chi connectivity index (χ1) is 8.68. The Balaban J connectivity index is 2.51. The largest absolute Gasteiger partial charge is 0.403 e. The van der Waals surface area contributed by atoms with Crippen molar-refractivity contribution in [2.45, 2.75) is 19.3 Å². The Bertz CT molecular complexity index is 560. The fourth-order valence-corrected chi connectivity index (χ4v) is 2.34. The number of hydrogen-bond acceptors (Lipinski definition) is 3. The predicted octanol–water partition coefficient (Wildman–Crippen LogP) is 3.88. The molecule has 0 aromatic carbocycles. The van der Waals surface area contributed by atoms with Crippen LogP contribution in [-0.2, 0) is 0 Å². The number of thiazole rings is 1. The summed E-state index contributed by atoms with van der Waals surface area (Å²) in [6.07, 6.45) is -6.04. The number of nitrogens with zero attached hydrogens (tertiary/aromatic N) is 1. The van der Waals surface area contributed by atoms with Crippen LogP contribution in [0.15, 0.2) is 23.4 Å². The molecule has 2 nitrogen and oxygen atoms in total. The minimum atomic E-state index is -5.05. The minimum Gasteiger partial charge on any atom is -0.375 e. The number of hydrogen-bond donors (Lipinski definition) is 1. The third kappa shape index (κ3) is 2.03. The molecule has 2 N–H and O–H groups in total. The van der Waals surface area contributed by atoms with Gasteiger partial charge in [-0.05, 0) is 13.0 Å². The first kappa shape index (κ1) is 14.0. The fraction of sp³-hybridized carbons (Fsp3) is 0.364. The van der Waals surface area contributed by atoms with Crippen molar-refractivity contribution >= 4 is 22.0 Å². The first-order valence-corrected chi connectivity index (χ1v) is 6.06. The fourth-order valence-electron chi connectivity index (χ4n) is 1.77. The highest BCUT2D eigenvalue weighted by Gasteiger charge is 2.62. The van der Waals surface area contributed by atoms with Gasteiger partial charge < -0.3 is 5.73 Å². The molecule has 0 radical (unpaired) electrons. The van der Waals surface area contributed by atoms with E-state index in [-0.39, 0.29) is 16.4 Å². The third-order valence-electron chi connectivity index (χ3n) is 3.09. The van der Waals surface area contributed by atoms with E-state index in [0.29, 0.717) is 13.0 Å². The Morgan fingerprint density at radius 1 is 1.37 bits per heavy atom. The molecule has 0 saturated heterocycles. The second kappa shape index (κ2) is 4.29. The van der Waals surface area contributed by atoms with E-state index in [0.717, 1.165) is 17.4 Å². The molecule has 1 aliphatic carbocycles. The van der Waals surface area contributed by atoms with Crippen molar-refractivity contribution < 1.29 is 22.0 Å². The summed E-state index contributed by atoms with van der Waals surface area (Å²) in [7, 11) is 0. The van der Waals surface area contributed by atoms with Gasteiger partial charge >= 0.3 is 6.18 Å². The van der Waals surface area contributed by atoms with E-state index in [1.165, 1.54) is 5.38 Å². The number of alkyl halides is 4. The standard InChI is InChI=1S/C11H9F5N2S/c1-10(11(14,15)16)7(12)3-2-5(8(10)13)6-4-19-9(17)18-6/h2-4,8H,1H3,(H2,17,18).